The predicted molar refractivity (Wildman–Crippen MR) is 125 cm³/mol. The summed E-state index contributed by atoms with van der Waals surface area (Å²) in [5.41, 5.74) is 6.54. The number of aromatic nitrogens is 4. The lowest BCUT2D eigenvalue weighted by molar-refractivity contribution is 0.0698. The number of rotatable bonds is 4. The van der Waals surface area contributed by atoms with E-state index < -0.39 is 5.97 Å². The number of fused-ring (bicyclic) bond motifs is 2. The number of hydrogen-bond acceptors (Lipinski definition) is 4. The van der Waals surface area contributed by atoms with Crippen molar-refractivity contribution in [1.82, 2.24) is 19.7 Å². The molecule has 0 fully saturated rings. The first-order chi connectivity index (χ1) is 15.5. The molecule has 0 atom stereocenters. The zero-order chi connectivity index (χ0) is 22.4. The third-order valence-corrected chi connectivity index (χ3v) is 5.65. The second kappa shape index (κ2) is 7.29. The Kier molecular flexibility index (Phi) is 4.42. The van der Waals surface area contributed by atoms with E-state index in [1.807, 2.05) is 61.2 Å². The number of terminal acetylenes is 1. The molecule has 0 saturated heterocycles. The van der Waals surface area contributed by atoms with Crippen LogP contribution in [0.1, 0.15) is 15.9 Å². The molecule has 2 N–H and O–H groups in total. The lowest BCUT2D eigenvalue weighted by Crippen LogP contribution is -2.09. The first-order valence-electron chi connectivity index (χ1n) is 9.95. The van der Waals surface area contributed by atoms with Crippen LogP contribution in [-0.4, -0.2) is 37.9 Å². The smallest absolute Gasteiger partial charge is 0.337 e. The lowest BCUT2D eigenvalue weighted by Gasteiger charge is -2.19. The first kappa shape index (κ1) is 19.4. The van der Waals surface area contributed by atoms with E-state index in [1.54, 1.807) is 0 Å². The molecule has 7 nitrogen and oxygen atoms in total. The third-order valence-electron chi connectivity index (χ3n) is 5.65. The number of benzene rings is 2. The van der Waals surface area contributed by atoms with Gasteiger partial charge in [0.1, 0.15) is 5.69 Å². The summed E-state index contributed by atoms with van der Waals surface area (Å²) >= 11 is 0. The summed E-state index contributed by atoms with van der Waals surface area (Å²) < 4.78 is 1.82. The molecule has 0 unspecified atom stereocenters. The zero-order valence-corrected chi connectivity index (χ0v) is 17.5. The molecule has 2 aromatic carbocycles. The molecular formula is C25H19N5O2. The molecule has 3 aromatic heterocycles. The van der Waals surface area contributed by atoms with Gasteiger partial charge in [0.2, 0.25) is 0 Å². The summed E-state index contributed by atoms with van der Waals surface area (Å²) in [4.78, 5) is 21.1. The average Bonchev–Trinajstić information content (AvgIpc) is 3.39. The molecule has 0 aliphatic carbocycles. The van der Waals surface area contributed by atoms with Gasteiger partial charge in [-0.15, -0.1) is 6.42 Å². The van der Waals surface area contributed by atoms with Crippen LogP contribution < -0.4 is 4.90 Å². The van der Waals surface area contributed by atoms with Crippen LogP contribution in [0.4, 0.5) is 11.4 Å². The number of pyridine rings is 1. The maximum atomic E-state index is 11.5. The van der Waals surface area contributed by atoms with Crippen LogP contribution in [0, 0.1) is 12.3 Å². The molecule has 5 rings (SSSR count). The Bertz CT molecular complexity index is 1540. The highest BCUT2D eigenvalue weighted by molar-refractivity contribution is 6.03. The molecule has 0 aliphatic rings. The number of anilines is 2. The Morgan fingerprint density at radius 3 is 2.59 bits per heavy atom. The minimum absolute atomic E-state index is 0.182. The Balaban J connectivity index is 1.58. The molecule has 32 heavy (non-hydrogen) atoms. The van der Waals surface area contributed by atoms with E-state index in [0.717, 1.165) is 39.2 Å². The van der Waals surface area contributed by atoms with Gasteiger partial charge in [0.15, 0.2) is 0 Å². The maximum Gasteiger partial charge on any atom is 0.337 e. The van der Waals surface area contributed by atoms with Crippen molar-refractivity contribution < 1.29 is 9.90 Å². The van der Waals surface area contributed by atoms with Crippen molar-refractivity contribution in [3.05, 3.63) is 71.9 Å². The largest absolute Gasteiger partial charge is 0.478 e. The van der Waals surface area contributed by atoms with Gasteiger partial charge in [-0.3, -0.25) is 9.67 Å². The fourth-order valence-electron chi connectivity index (χ4n) is 3.92. The van der Waals surface area contributed by atoms with Gasteiger partial charge in [0, 0.05) is 42.6 Å². The van der Waals surface area contributed by atoms with Crippen LogP contribution in [0.3, 0.4) is 0 Å². The molecule has 7 heteroatoms. The van der Waals surface area contributed by atoms with E-state index in [1.165, 1.54) is 12.3 Å². The Morgan fingerprint density at radius 2 is 1.88 bits per heavy atom. The van der Waals surface area contributed by atoms with E-state index in [0.29, 0.717) is 11.0 Å². The van der Waals surface area contributed by atoms with Gasteiger partial charge in [-0.25, -0.2) is 4.79 Å². The standard InChI is InChI=1S/C25H19N5O2/c1-4-15-5-7-16(8-6-15)29(2)17-9-10-18-22(13-17)30(3)28-24(18)21-14-20-23(27-21)19(25(31)32)11-12-26-20/h1,5-14,27H,2-3H3,(H,31,32). The maximum absolute atomic E-state index is 11.5. The molecule has 3 heterocycles. The molecule has 0 aliphatic heterocycles. The van der Waals surface area contributed by atoms with Crippen LogP contribution in [0.5, 0.6) is 0 Å². The Morgan fingerprint density at radius 1 is 1.12 bits per heavy atom. The number of nitrogens with zero attached hydrogens (tertiary/aromatic N) is 4. The summed E-state index contributed by atoms with van der Waals surface area (Å²) in [7, 11) is 3.89. The molecule has 5 aromatic rings. The number of aromatic amines is 1. The van der Waals surface area contributed by atoms with Crippen molar-refractivity contribution in [2.24, 2.45) is 7.05 Å². The van der Waals surface area contributed by atoms with Crippen molar-refractivity contribution in [1.29, 1.82) is 0 Å². The van der Waals surface area contributed by atoms with E-state index in [4.69, 9.17) is 11.5 Å². The second-order valence-corrected chi connectivity index (χ2v) is 7.53. The molecule has 0 spiro atoms. The highest BCUT2D eigenvalue weighted by Crippen LogP contribution is 2.33. The molecule has 0 amide bonds. The fourth-order valence-corrected chi connectivity index (χ4v) is 3.92. The number of nitrogens with one attached hydrogen (secondary N) is 1. The minimum atomic E-state index is -1.00. The van der Waals surface area contributed by atoms with Crippen LogP contribution in [0.2, 0.25) is 0 Å². The number of hydrogen-bond donors (Lipinski definition) is 2. The number of H-pyrrole nitrogens is 1. The van der Waals surface area contributed by atoms with E-state index >= 15 is 0 Å². The molecule has 0 saturated carbocycles. The second-order valence-electron chi connectivity index (χ2n) is 7.53. The SMILES string of the molecule is C#Cc1ccc(N(C)c2ccc3c(-c4cc5nccc(C(=O)O)c5[nH]4)nn(C)c3c2)cc1. The van der Waals surface area contributed by atoms with Crippen molar-refractivity contribution in [3.63, 3.8) is 0 Å². The summed E-state index contributed by atoms with van der Waals surface area (Å²) in [6.45, 7) is 0. The van der Waals surface area contributed by atoms with Gasteiger partial charge in [0.25, 0.3) is 0 Å². The van der Waals surface area contributed by atoms with Crippen LogP contribution in [-0.2, 0) is 7.05 Å². The van der Waals surface area contributed by atoms with E-state index in [2.05, 4.69) is 26.9 Å². The monoisotopic (exact) mass is 421 g/mol. The number of carboxylic acids is 1. The molecular weight excluding hydrogens is 402 g/mol. The minimum Gasteiger partial charge on any atom is -0.478 e. The Labute approximate surface area is 183 Å². The third kappa shape index (κ3) is 3.06. The first-order valence-corrected chi connectivity index (χ1v) is 9.95. The van der Waals surface area contributed by atoms with Crippen LogP contribution >= 0.6 is 0 Å². The number of carbonyl (C=O) groups is 1. The number of aromatic carboxylic acids is 1. The highest BCUT2D eigenvalue weighted by Gasteiger charge is 2.17. The zero-order valence-electron chi connectivity index (χ0n) is 17.5. The topological polar surface area (TPSA) is 87.0 Å². The van der Waals surface area contributed by atoms with Gasteiger partial charge in [-0.2, -0.15) is 5.10 Å². The predicted octanol–water partition coefficient (Wildman–Crippen LogP) is 4.56. The Hall–Kier alpha value is -4.57. The normalized spacial score (nSPS) is 11.0. The molecule has 156 valence electrons. The summed E-state index contributed by atoms with van der Waals surface area (Å²) in [6, 6.07) is 17.3. The van der Waals surface area contributed by atoms with E-state index in [-0.39, 0.29) is 5.56 Å². The van der Waals surface area contributed by atoms with Gasteiger partial charge in [-0.05, 0) is 54.6 Å². The van der Waals surface area contributed by atoms with Gasteiger partial charge in [-0.1, -0.05) is 5.92 Å². The highest BCUT2D eigenvalue weighted by atomic mass is 16.4. The van der Waals surface area contributed by atoms with Crippen LogP contribution in [0.25, 0.3) is 33.3 Å². The lowest BCUT2D eigenvalue weighted by atomic mass is 10.1. The van der Waals surface area contributed by atoms with Crippen molar-refractivity contribution >= 4 is 39.3 Å². The number of carboxylic acid groups (broad SMARTS) is 1. The summed E-state index contributed by atoms with van der Waals surface area (Å²) in [6.07, 6.45) is 6.95. The number of aryl methyl sites for hydroxylation is 1. The van der Waals surface area contributed by atoms with Crippen molar-refractivity contribution in [3.8, 4) is 23.7 Å². The summed E-state index contributed by atoms with van der Waals surface area (Å²) in [5.74, 6) is 1.63. The van der Waals surface area contributed by atoms with Crippen molar-refractivity contribution in [2.75, 3.05) is 11.9 Å². The fraction of sp³-hybridized carbons (Fsp3) is 0.0800. The average molecular weight is 421 g/mol. The van der Waals surface area contributed by atoms with E-state index in [9.17, 15) is 9.90 Å². The molecule has 0 radical (unpaired) electrons. The van der Waals surface area contributed by atoms with Gasteiger partial charge >= 0.3 is 5.97 Å². The van der Waals surface area contributed by atoms with Gasteiger partial charge < -0.3 is 15.0 Å². The van der Waals surface area contributed by atoms with Crippen molar-refractivity contribution in [2.45, 2.75) is 0 Å². The van der Waals surface area contributed by atoms with Crippen LogP contribution in [0.15, 0.2) is 60.8 Å². The summed E-state index contributed by atoms with van der Waals surface area (Å²) in [5, 5.41) is 15.1. The van der Waals surface area contributed by atoms with Gasteiger partial charge in [0.05, 0.1) is 27.8 Å². The quantitative estimate of drug-likeness (QED) is 0.415. The molecule has 0 bridgehead atoms.